The molecule has 0 saturated heterocycles. The Bertz CT molecular complexity index is 73.3. The number of hydrogen-bond donors (Lipinski definition) is 3. The number of carboxylic acids is 1. The second-order valence-electron chi connectivity index (χ2n) is 1.20. The van der Waals surface area contributed by atoms with Gasteiger partial charge in [0, 0.05) is 6.92 Å². The summed E-state index contributed by atoms with van der Waals surface area (Å²) in [6, 6.07) is 0. The van der Waals surface area contributed by atoms with Crippen molar-refractivity contribution in [3.8, 4) is 0 Å². The first-order valence-electron chi connectivity index (χ1n) is 1.97. The van der Waals surface area contributed by atoms with E-state index in [4.69, 9.17) is 21.0 Å². The molecule has 0 aromatic rings. The van der Waals surface area contributed by atoms with Crippen molar-refractivity contribution in [3.63, 3.8) is 0 Å². The van der Waals surface area contributed by atoms with E-state index in [2.05, 4.69) is 0 Å². The van der Waals surface area contributed by atoms with Crippen molar-refractivity contribution in [2.75, 3.05) is 0 Å². The van der Waals surface area contributed by atoms with Crippen molar-refractivity contribution in [3.05, 3.63) is 0 Å². The van der Waals surface area contributed by atoms with Gasteiger partial charge in [0.25, 0.3) is 5.97 Å². The molecule has 4 N–H and O–H groups in total. The average molecular weight is 126 g/mol. The Labute approximate surface area is 65.0 Å². The maximum atomic E-state index is 9.00. The fraction of sp³-hybridized carbons (Fsp3) is 0.333. The van der Waals surface area contributed by atoms with Crippen molar-refractivity contribution in [1.29, 1.82) is 5.41 Å². The topological polar surface area (TPSA) is 87.2 Å². The molecule has 4 nitrogen and oxygen atoms in total. The molecule has 0 rings (SSSR count). The summed E-state index contributed by atoms with van der Waals surface area (Å²) in [7, 11) is 0. The van der Waals surface area contributed by atoms with Crippen LogP contribution in [-0.2, 0) is 4.79 Å². The standard InChI is InChI=1S/C2H4O2.CH3N2.Na/c1-2(3)4;2-1-3;/h1H3,(H,3,4);(H3,2,3);. The van der Waals surface area contributed by atoms with Crippen LogP contribution in [0.4, 0.5) is 0 Å². The van der Waals surface area contributed by atoms with E-state index >= 15 is 0 Å². The summed E-state index contributed by atoms with van der Waals surface area (Å²) >= 11 is 0.710. The molecule has 0 amide bonds. The normalized spacial score (nSPS) is 6.38. The molecular formula is C3H7N2NaO2. The summed E-state index contributed by atoms with van der Waals surface area (Å²) in [5.74, 6) is -0.833. The number of carbonyl (C=O) groups is 1. The zero-order valence-electron chi connectivity index (χ0n) is 4.93. The van der Waals surface area contributed by atoms with E-state index in [1.165, 1.54) is 0 Å². The summed E-state index contributed by atoms with van der Waals surface area (Å²) in [5.41, 5.74) is 4.76. The van der Waals surface area contributed by atoms with Crippen LogP contribution in [0, 0.1) is 5.41 Å². The van der Waals surface area contributed by atoms with Crippen LogP contribution in [0.2, 0.25) is 0 Å². The van der Waals surface area contributed by atoms with Gasteiger partial charge in [-0.1, -0.05) is 0 Å². The molecular weight excluding hydrogens is 119 g/mol. The zero-order valence-corrected chi connectivity index (χ0v) is 6.93. The van der Waals surface area contributed by atoms with Crippen LogP contribution in [-0.4, -0.2) is 42.1 Å². The van der Waals surface area contributed by atoms with Crippen molar-refractivity contribution in [2.45, 2.75) is 6.92 Å². The molecule has 0 radical (unpaired) electrons. The molecule has 0 heterocycles. The van der Waals surface area contributed by atoms with Gasteiger partial charge in [0.15, 0.2) is 0 Å². The van der Waals surface area contributed by atoms with E-state index in [1.807, 2.05) is 0 Å². The van der Waals surface area contributed by atoms with Gasteiger partial charge in [0.05, 0.1) is 0 Å². The van der Waals surface area contributed by atoms with Crippen LogP contribution >= 0.6 is 0 Å². The molecule has 0 atom stereocenters. The summed E-state index contributed by atoms with van der Waals surface area (Å²) in [6.45, 7) is 1.08. The summed E-state index contributed by atoms with van der Waals surface area (Å²) in [5, 5.41) is 13.8. The molecule has 5 heteroatoms. The predicted octanol–water partition coefficient (Wildman–Crippen LogP) is -0.861. The minimum atomic E-state index is -0.833. The SMILES string of the molecule is CC(=O)O.N=[C](N)[Na]. The molecule has 0 bridgehead atoms. The molecule has 0 aromatic heterocycles. The first-order valence-corrected chi connectivity index (χ1v) is 2.97. The third-order valence-corrected chi connectivity index (χ3v) is 0. The van der Waals surface area contributed by atoms with E-state index in [0.717, 1.165) is 6.92 Å². The van der Waals surface area contributed by atoms with Gasteiger partial charge in [-0.15, -0.1) is 0 Å². The second kappa shape index (κ2) is 6.94. The zero-order chi connectivity index (χ0) is 7.15. The first-order chi connectivity index (χ1) is 3.46. The monoisotopic (exact) mass is 126 g/mol. The van der Waals surface area contributed by atoms with Gasteiger partial charge in [-0.25, -0.2) is 0 Å². The summed E-state index contributed by atoms with van der Waals surface area (Å²) in [4.78, 5) is 9.00. The molecule has 0 unspecified atom stereocenters. The van der Waals surface area contributed by atoms with Gasteiger partial charge in [0.2, 0.25) is 0 Å². The second-order valence-corrected chi connectivity index (χ2v) is 2.28. The van der Waals surface area contributed by atoms with Gasteiger partial charge < -0.3 is 5.11 Å². The maximum absolute atomic E-state index is 9.00. The molecule has 8 heavy (non-hydrogen) atoms. The van der Waals surface area contributed by atoms with E-state index in [0.29, 0.717) is 31.0 Å². The Hall–Kier alpha value is -0.0600. The Kier molecular flexibility index (Phi) is 9.40. The number of nitrogens with one attached hydrogen (secondary N) is 1. The van der Waals surface area contributed by atoms with Crippen LogP contribution in [0.1, 0.15) is 6.92 Å². The van der Waals surface area contributed by atoms with Crippen molar-refractivity contribution in [1.82, 2.24) is 0 Å². The van der Waals surface area contributed by atoms with Crippen LogP contribution in [0.5, 0.6) is 0 Å². The molecule has 0 fully saturated rings. The van der Waals surface area contributed by atoms with Gasteiger partial charge >= 0.3 is 42.2 Å². The van der Waals surface area contributed by atoms with Crippen molar-refractivity contribution < 1.29 is 9.90 Å². The Balaban J connectivity index is 0. The quantitative estimate of drug-likeness (QED) is 0.224. The average Bonchev–Trinajstić information content (AvgIpc) is 1.25. The third kappa shape index (κ3) is 40300. The summed E-state index contributed by atoms with van der Waals surface area (Å²) in [6.07, 6.45) is 0. The number of rotatable bonds is 0. The molecule has 0 spiro atoms. The van der Waals surface area contributed by atoms with E-state index in [-0.39, 0.29) is 0 Å². The Morgan fingerprint density at radius 3 is 1.88 bits per heavy atom. The van der Waals surface area contributed by atoms with Crippen LogP contribution in [0.25, 0.3) is 0 Å². The van der Waals surface area contributed by atoms with E-state index in [9.17, 15) is 0 Å². The minimum absolute atomic E-state index is 0.306. The fourth-order valence-corrected chi connectivity index (χ4v) is 0. The number of hydrogen-bond acceptors (Lipinski definition) is 2. The Morgan fingerprint density at radius 2 is 1.88 bits per heavy atom. The first kappa shape index (κ1) is 10.8. The van der Waals surface area contributed by atoms with Crippen LogP contribution in [0.15, 0.2) is 0 Å². The van der Waals surface area contributed by atoms with Gasteiger partial charge in [-0.2, -0.15) is 0 Å². The Morgan fingerprint density at radius 1 is 1.88 bits per heavy atom. The predicted molar refractivity (Wildman–Crippen MR) is 31.0 cm³/mol. The van der Waals surface area contributed by atoms with E-state index < -0.39 is 5.97 Å². The van der Waals surface area contributed by atoms with E-state index in [1.54, 1.807) is 0 Å². The number of nitrogens with two attached hydrogens (primary N) is 1. The number of carboxylic acid groups (broad SMARTS) is 1. The van der Waals surface area contributed by atoms with Crippen LogP contribution in [0.3, 0.4) is 0 Å². The fourth-order valence-electron chi connectivity index (χ4n) is 0. The molecule has 42 valence electrons. The van der Waals surface area contributed by atoms with Gasteiger partial charge in [0.1, 0.15) is 0 Å². The molecule has 0 aliphatic rings. The summed E-state index contributed by atoms with van der Waals surface area (Å²) < 4.78 is 0.306. The molecule has 0 aliphatic heterocycles. The number of aliphatic carboxylic acids is 1. The van der Waals surface area contributed by atoms with Crippen molar-refractivity contribution >= 4 is 37.0 Å². The molecule has 0 aliphatic carbocycles. The molecule has 0 saturated carbocycles. The number of amidine groups is 1. The van der Waals surface area contributed by atoms with Crippen LogP contribution < -0.4 is 5.73 Å². The molecule has 0 aromatic carbocycles. The van der Waals surface area contributed by atoms with Gasteiger partial charge in [-0.3, -0.25) is 4.79 Å². The van der Waals surface area contributed by atoms with Crippen molar-refractivity contribution in [2.24, 2.45) is 5.73 Å². The van der Waals surface area contributed by atoms with Gasteiger partial charge in [-0.05, 0) is 0 Å². The third-order valence-electron chi connectivity index (χ3n) is 0.